The van der Waals surface area contributed by atoms with E-state index in [1.54, 1.807) is 23.7 Å². The number of anilines is 1. The maximum absolute atomic E-state index is 12.6. The van der Waals surface area contributed by atoms with Crippen molar-refractivity contribution in [3.05, 3.63) is 63.2 Å². The quantitative estimate of drug-likeness (QED) is 0.609. The van der Waals surface area contributed by atoms with Crippen molar-refractivity contribution in [1.29, 1.82) is 0 Å². The molecule has 0 aliphatic heterocycles. The molecule has 2 heterocycles. The lowest BCUT2D eigenvalue weighted by Crippen LogP contribution is -2.18. The molecule has 2 aromatic heterocycles. The Balaban J connectivity index is 1.80. The van der Waals surface area contributed by atoms with E-state index in [0.29, 0.717) is 28.0 Å². The number of carboxylic acids is 1. The number of aryl methyl sites for hydroxylation is 1. The average molecular weight is 436 g/mol. The first-order valence-electron chi connectivity index (χ1n) is 8.74. The molecule has 29 heavy (non-hydrogen) atoms. The van der Waals surface area contributed by atoms with Crippen molar-refractivity contribution in [2.45, 2.75) is 33.4 Å². The Hall–Kier alpha value is -2.84. The predicted molar refractivity (Wildman–Crippen MR) is 110 cm³/mol. The van der Waals surface area contributed by atoms with Crippen LogP contribution in [0.3, 0.4) is 0 Å². The van der Waals surface area contributed by atoms with Crippen LogP contribution >= 0.6 is 23.2 Å². The summed E-state index contributed by atoms with van der Waals surface area (Å²) in [5.41, 5.74) is 2.92. The van der Waals surface area contributed by atoms with Crippen LogP contribution in [0.5, 0.6) is 0 Å². The van der Waals surface area contributed by atoms with Gasteiger partial charge in [-0.05, 0) is 44.5 Å². The maximum atomic E-state index is 12.6. The molecule has 0 fully saturated rings. The van der Waals surface area contributed by atoms with Gasteiger partial charge in [-0.25, -0.2) is 4.79 Å². The molecule has 0 saturated carbocycles. The molecule has 1 amide bonds. The normalized spacial score (nSPS) is 12.0. The number of benzene rings is 1. The van der Waals surface area contributed by atoms with Gasteiger partial charge in [0.15, 0.2) is 5.69 Å². The van der Waals surface area contributed by atoms with Crippen LogP contribution in [0.4, 0.5) is 5.69 Å². The van der Waals surface area contributed by atoms with Crippen LogP contribution in [0, 0.1) is 13.8 Å². The standard InChI is InChI=1S/C19H19Cl2N5O3/c1-10-17(22-18(27)16-6-7-25(24-16)12(3)19(28)29)11(2)26(23-10)9-13-4-5-14(20)8-15(13)21/h4-8,12H,9H2,1-3H3,(H,22,27)(H,28,29). The van der Waals surface area contributed by atoms with Gasteiger partial charge in [0, 0.05) is 16.2 Å². The van der Waals surface area contributed by atoms with Gasteiger partial charge in [-0.15, -0.1) is 0 Å². The van der Waals surface area contributed by atoms with E-state index in [1.165, 1.54) is 23.9 Å². The minimum absolute atomic E-state index is 0.116. The third kappa shape index (κ3) is 4.44. The molecule has 0 bridgehead atoms. The number of aliphatic carboxylic acids is 1. The van der Waals surface area contributed by atoms with Gasteiger partial charge in [0.2, 0.25) is 0 Å². The Morgan fingerprint density at radius 1 is 1.21 bits per heavy atom. The summed E-state index contributed by atoms with van der Waals surface area (Å²) in [5, 5.41) is 21.5. The fraction of sp³-hybridized carbons (Fsp3) is 0.263. The highest BCUT2D eigenvalue weighted by atomic mass is 35.5. The van der Waals surface area contributed by atoms with E-state index in [4.69, 9.17) is 28.3 Å². The molecule has 0 saturated heterocycles. The van der Waals surface area contributed by atoms with Crippen LogP contribution in [0.15, 0.2) is 30.5 Å². The summed E-state index contributed by atoms with van der Waals surface area (Å²) < 4.78 is 2.97. The number of nitrogens with zero attached hydrogens (tertiary/aromatic N) is 4. The Morgan fingerprint density at radius 2 is 1.93 bits per heavy atom. The molecular formula is C19H19Cl2N5O3. The zero-order valence-corrected chi connectivity index (χ0v) is 17.5. The van der Waals surface area contributed by atoms with E-state index in [9.17, 15) is 9.59 Å². The summed E-state index contributed by atoms with van der Waals surface area (Å²) in [4.78, 5) is 23.6. The third-order valence-corrected chi connectivity index (χ3v) is 5.14. The molecule has 0 radical (unpaired) electrons. The predicted octanol–water partition coefficient (Wildman–Crippen LogP) is 3.95. The number of hydrogen-bond acceptors (Lipinski definition) is 4. The van der Waals surface area contributed by atoms with Crippen molar-refractivity contribution in [3.63, 3.8) is 0 Å². The largest absolute Gasteiger partial charge is 0.480 e. The number of halogens is 2. The number of carbonyl (C=O) groups excluding carboxylic acids is 1. The number of carbonyl (C=O) groups is 2. The molecule has 1 aromatic carbocycles. The number of aromatic nitrogens is 4. The molecule has 8 nitrogen and oxygen atoms in total. The minimum atomic E-state index is -1.03. The van der Waals surface area contributed by atoms with Crippen LogP contribution < -0.4 is 5.32 Å². The van der Waals surface area contributed by atoms with Crippen molar-refractivity contribution < 1.29 is 14.7 Å². The Labute approximate surface area is 177 Å². The smallest absolute Gasteiger partial charge is 0.328 e. The Bertz CT molecular complexity index is 1090. The van der Waals surface area contributed by atoms with Crippen LogP contribution in [0.25, 0.3) is 0 Å². The molecule has 3 aromatic rings. The van der Waals surface area contributed by atoms with E-state index < -0.39 is 17.9 Å². The lowest BCUT2D eigenvalue weighted by atomic mass is 10.2. The zero-order valence-electron chi connectivity index (χ0n) is 16.0. The summed E-state index contributed by atoms with van der Waals surface area (Å²) in [6, 6.07) is 5.85. The first kappa shape index (κ1) is 20.9. The van der Waals surface area contributed by atoms with Gasteiger partial charge in [0.25, 0.3) is 5.91 Å². The van der Waals surface area contributed by atoms with Gasteiger partial charge < -0.3 is 10.4 Å². The van der Waals surface area contributed by atoms with Crippen molar-refractivity contribution in [2.75, 3.05) is 5.32 Å². The van der Waals surface area contributed by atoms with Crippen molar-refractivity contribution in [1.82, 2.24) is 19.6 Å². The fourth-order valence-corrected chi connectivity index (χ4v) is 3.28. The molecule has 0 aliphatic rings. The van der Waals surface area contributed by atoms with Gasteiger partial charge in [0.05, 0.1) is 23.6 Å². The van der Waals surface area contributed by atoms with Crippen LogP contribution in [-0.4, -0.2) is 36.5 Å². The monoisotopic (exact) mass is 435 g/mol. The Morgan fingerprint density at radius 3 is 2.59 bits per heavy atom. The summed E-state index contributed by atoms with van der Waals surface area (Å²) in [6.45, 7) is 5.53. The lowest BCUT2D eigenvalue weighted by Gasteiger charge is -2.08. The highest BCUT2D eigenvalue weighted by Crippen LogP contribution is 2.25. The average Bonchev–Trinajstić information content (AvgIpc) is 3.24. The highest BCUT2D eigenvalue weighted by molar-refractivity contribution is 6.35. The van der Waals surface area contributed by atoms with Gasteiger partial charge in [0.1, 0.15) is 6.04 Å². The molecule has 2 N–H and O–H groups in total. The topological polar surface area (TPSA) is 102 Å². The third-order valence-electron chi connectivity index (χ3n) is 4.55. The number of amides is 1. The van der Waals surface area contributed by atoms with Gasteiger partial charge in [-0.3, -0.25) is 14.2 Å². The molecule has 3 rings (SSSR count). The second-order valence-corrected chi connectivity index (χ2v) is 7.43. The minimum Gasteiger partial charge on any atom is -0.480 e. The van der Waals surface area contributed by atoms with Crippen LogP contribution in [-0.2, 0) is 11.3 Å². The molecule has 0 aliphatic carbocycles. The molecule has 0 spiro atoms. The van der Waals surface area contributed by atoms with E-state index in [0.717, 1.165) is 11.3 Å². The molecule has 152 valence electrons. The summed E-state index contributed by atoms with van der Waals surface area (Å²) in [7, 11) is 0. The Kier molecular flexibility index (Phi) is 5.95. The summed E-state index contributed by atoms with van der Waals surface area (Å²) in [5.74, 6) is -1.48. The lowest BCUT2D eigenvalue weighted by molar-refractivity contribution is -0.140. The van der Waals surface area contributed by atoms with Gasteiger partial charge in [-0.1, -0.05) is 29.3 Å². The van der Waals surface area contributed by atoms with Crippen LogP contribution in [0.1, 0.15) is 40.4 Å². The summed E-state index contributed by atoms with van der Waals surface area (Å²) in [6.07, 6.45) is 1.46. The SMILES string of the molecule is Cc1nn(Cc2ccc(Cl)cc2Cl)c(C)c1NC(=O)c1ccn(C(C)C(=O)O)n1. The first-order valence-corrected chi connectivity index (χ1v) is 9.50. The molecular weight excluding hydrogens is 417 g/mol. The van der Waals surface area contributed by atoms with Crippen LogP contribution in [0.2, 0.25) is 10.0 Å². The second kappa shape index (κ2) is 8.26. The van der Waals surface area contributed by atoms with E-state index in [-0.39, 0.29) is 5.69 Å². The number of rotatable bonds is 6. The van der Waals surface area contributed by atoms with Crippen molar-refractivity contribution in [2.24, 2.45) is 0 Å². The van der Waals surface area contributed by atoms with E-state index in [2.05, 4.69) is 15.5 Å². The number of hydrogen-bond donors (Lipinski definition) is 2. The fourth-order valence-electron chi connectivity index (χ4n) is 2.81. The first-order chi connectivity index (χ1) is 13.7. The van der Waals surface area contributed by atoms with Crippen molar-refractivity contribution in [3.8, 4) is 0 Å². The van der Waals surface area contributed by atoms with Gasteiger partial charge in [-0.2, -0.15) is 10.2 Å². The highest BCUT2D eigenvalue weighted by Gasteiger charge is 2.20. The molecule has 10 heteroatoms. The zero-order chi connectivity index (χ0) is 21.3. The molecule has 1 unspecified atom stereocenters. The number of carboxylic acid groups (broad SMARTS) is 1. The second-order valence-electron chi connectivity index (χ2n) is 6.59. The number of nitrogens with one attached hydrogen (secondary N) is 1. The van der Waals surface area contributed by atoms with E-state index >= 15 is 0 Å². The van der Waals surface area contributed by atoms with Gasteiger partial charge >= 0.3 is 5.97 Å². The van der Waals surface area contributed by atoms with E-state index in [1.807, 2.05) is 13.0 Å². The van der Waals surface area contributed by atoms with Crippen molar-refractivity contribution >= 4 is 40.8 Å². The molecule has 1 atom stereocenters. The summed E-state index contributed by atoms with van der Waals surface area (Å²) >= 11 is 12.2. The maximum Gasteiger partial charge on any atom is 0.328 e.